The summed E-state index contributed by atoms with van der Waals surface area (Å²) in [4.78, 5) is 24.9. The number of carbonyl (C=O) groups excluding carboxylic acids is 1. The number of carboxylic acid groups (broad SMARTS) is 1. The summed E-state index contributed by atoms with van der Waals surface area (Å²) < 4.78 is 0. The van der Waals surface area contributed by atoms with Gasteiger partial charge in [-0.3, -0.25) is 9.59 Å². The van der Waals surface area contributed by atoms with Crippen LogP contribution in [0.5, 0.6) is 0 Å². The number of rotatable bonds is 4. The number of nitrogens with two attached hydrogens (primary N) is 1. The highest BCUT2D eigenvalue weighted by Crippen LogP contribution is 2.19. The average Bonchev–Trinajstić information content (AvgIpc) is 2.48. The van der Waals surface area contributed by atoms with E-state index >= 15 is 0 Å². The Bertz CT molecular complexity index is 494. The van der Waals surface area contributed by atoms with Crippen LogP contribution in [0.25, 0.3) is 0 Å². The molecule has 1 aliphatic heterocycles. The smallest absolute Gasteiger partial charge is 0.306 e. The zero-order valence-corrected chi connectivity index (χ0v) is 11.4. The molecule has 1 fully saturated rings. The van der Waals surface area contributed by atoms with Crippen LogP contribution in [0.2, 0.25) is 0 Å². The van der Waals surface area contributed by atoms with Gasteiger partial charge >= 0.3 is 5.97 Å². The van der Waals surface area contributed by atoms with Crippen LogP contribution in [-0.4, -0.2) is 35.0 Å². The Kier molecular flexibility index (Phi) is 4.74. The molecule has 0 bridgehead atoms. The van der Waals surface area contributed by atoms with Gasteiger partial charge in [0.15, 0.2) is 0 Å². The Labute approximate surface area is 118 Å². The fourth-order valence-electron chi connectivity index (χ4n) is 2.58. The minimum atomic E-state index is -0.759. The van der Waals surface area contributed by atoms with E-state index in [0.29, 0.717) is 38.9 Å². The quantitative estimate of drug-likeness (QED) is 0.859. The number of hydrogen-bond donors (Lipinski definition) is 2. The van der Waals surface area contributed by atoms with Gasteiger partial charge in [-0.2, -0.15) is 0 Å². The minimum absolute atomic E-state index is 0.0507. The van der Waals surface area contributed by atoms with E-state index in [1.54, 1.807) is 4.90 Å². The summed E-state index contributed by atoms with van der Waals surface area (Å²) in [5.74, 6) is -1.02. The van der Waals surface area contributed by atoms with E-state index in [1.165, 1.54) is 0 Å². The monoisotopic (exact) mass is 276 g/mol. The third-order valence-electron chi connectivity index (χ3n) is 3.88. The van der Waals surface area contributed by atoms with E-state index in [-0.39, 0.29) is 11.8 Å². The van der Waals surface area contributed by atoms with Gasteiger partial charge in [0.25, 0.3) is 0 Å². The van der Waals surface area contributed by atoms with Crippen LogP contribution in [0.15, 0.2) is 24.3 Å². The van der Waals surface area contributed by atoms with Crippen molar-refractivity contribution in [1.29, 1.82) is 0 Å². The number of aliphatic carboxylic acids is 1. The van der Waals surface area contributed by atoms with Crippen molar-refractivity contribution in [3.63, 3.8) is 0 Å². The summed E-state index contributed by atoms with van der Waals surface area (Å²) in [5, 5.41) is 8.95. The molecule has 1 aromatic carbocycles. The number of piperidine rings is 1. The highest BCUT2D eigenvalue weighted by atomic mass is 16.4. The lowest BCUT2D eigenvalue weighted by Crippen LogP contribution is -2.41. The number of carboxylic acids is 1. The van der Waals surface area contributed by atoms with Crippen molar-refractivity contribution in [3.8, 4) is 0 Å². The SMILES string of the molecule is NCc1ccccc1CC(=O)N1CCC(C(=O)O)CC1. The molecule has 108 valence electrons. The molecule has 0 saturated carbocycles. The van der Waals surface area contributed by atoms with Crippen molar-refractivity contribution < 1.29 is 14.7 Å². The first-order valence-electron chi connectivity index (χ1n) is 6.89. The molecule has 0 aliphatic carbocycles. The van der Waals surface area contributed by atoms with Gasteiger partial charge in [-0.05, 0) is 24.0 Å². The number of hydrogen-bond acceptors (Lipinski definition) is 3. The molecule has 0 aromatic heterocycles. The van der Waals surface area contributed by atoms with Gasteiger partial charge in [0.05, 0.1) is 12.3 Å². The third kappa shape index (κ3) is 3.36. The Morgan fingerprint density at radius 1 is 1.20 bits per heavy atom. The lowest BCUT2D eigenvalue weighted by molar-refractivity contribution is -0.145. The maximum atomic E-state index is 12.2. The number of nitrogens with zero attached hydrogens (tertiary/aromatic N) is 1. The lowest BCUT2D eigenvalue weighted by atomic mass is 9.96. The van der Waals surface area contributed by atoms with Crippen LogP contribution in [0.1, 0.15) is 24.0 Å². The van der Waals surface area contributed by atoms with E-state index in [1.807, 2.05) is 24.3 Å². The van der Waals surface area contributed by atoms with Gasteiger partial charge in [0, 0.05) is 19.6 Å². The number of benzene rings is 1. The van der Waals surface area contributed by atoms with Crippen LogP contribution < -0.4 is 5.73 Å². The molecule has 3 N–H and O–H groups in total. The number of likely N-dealkylation sites (tertiary alicyclic amines) is 1. The molecule has 5 heteroatoms. The van der Waals surface area contributed by atoms with E-state index in [0.717, 1.165) is 11.1 Å². The van der Waals surface area contributed by atoms with Gasteiger partial charge in [-0.1, -0.05) is 24.3 Å². The number of amides is 1. The van der Waals surface area contributed by atoms with Crippen molar-refractivity contribution in [1.82, 2.24) is 4.90 Å². The Balaban J connectivity index is 1.94. The van der Waals surface area contributed by atoms with E-state index in [9.17, 15) is 9.59 Å². The van der Waals surface area contributed by atoms with Crippen molar-refractivity contribution in [3.05, 3.63) is 35.4 Å². The average molecular weight is 276 g/mol. The summed E-state index contributed by atoms with van der Waals surface area (Å²) in [7, 11) is 0. The van der Waals surface area contributed by atoms with Crippen LogP contribution in [0, 0.1) is 5.92 Å². The van der Waals surface area contributed by atoms with E-state index < -0.39 is 5.97 Å². The predicted octanol–water partition coefficient (Wildman–Crippen LogP) is 1.01. The Hall–Kier alpha value is -1.88. The second-order valence-corrected chi connectivity index (χ2v) is 5.14. The van der Waals surface area contributed by atoms with Gasteiger partial charge in [0.2, 0.25) is 5.91 Å². The van der Waals surface area contributed by atoms with E-state index in [4.69, 9.17) is 10.8 Å². The summed E-state index contributed by atoms with van der Waals surface area (Å²) in [6.07, 6.45) is 1.42. The zero-order chi connectivity index (χ0) is 14.5. The molecule has 1 aliphatic rings. The van der Waals surface area contributed by atoms with Crippen molar-refractivity contribution in [2.75, 3.05) is 13.1 Å². The molecular formula is C15H20N2O3. The van der Waals surface area contributed by atoms with Crippen LogP contribution in [-0.2, 0) is 22.6 Å². The largest absolute Gasteiger partial charge is 0.481 e. The standard InChI is InChI=1S/C15H20N2O3/c16-10-13-4-2-1-3-12(13)9-14(18)17-7-5-11(6-8-17)15(19)20/h1-4,11H,5-10,16H2,(H,19,20). The predicted molar refractivity (Wildman–Crippen MR) is 75.0 cm³/mol. The van der Waals surface area contributed by atoms with Crippen molar-refractivity contribution >= 4 is 11.9 Å². The first kappa shape index (κ1) is 14.5. The molecule has 1 heterocycles. The molecule has 0 atom stereocenters. The second-order valence-electron chi connectivity index (χ2n) is 5.14. The lowest BCUT2D eigenvalue weighted by Gasteiger charge is -2.30. The van der Waals surface area contributed by atoms with E-state index in [2.05, 4.69) is 0 Å². The molecule has 0 spiro atoms. The molecule has 1 saturated heterocycles. The van der Waals surface area contributed by atoms with Gasteiger partial charge < -0.3 is 15.7 Å². The fraction of sp³-hybridized carbons (Fsp3) is 0.467. The highest BCUT2D eigenvalue weighted by Gasteiger charge is 2.26. The molecule has 1 aromatic rings. The molecule has 0 radical (unpaired) electrons. The van der Waals surface area contributed by atoms with Gasteiger partial charge in [0.1, 0.15) is 0 Å². The molecular weight excluding hydrogens is 256 g/mol. The molecule has 20 heavy (non-hydrogen) atoms. The summed E-state index contributed by atoms with van der Waals surface area (Å²) in [6, 6.07) is 7.66. The Morgan fingerprint density at radius 3 is 2.35 bits per heavy atom. The molecule has 5 nitrogen and oxygen atoms in total. The molecule has 1 amide bonds. The van der Waals surface area contributed by atoms with Crippen LogP contribution in [0.4, 0.5) is 0 Å². The fourth-order valence-corrected chi connectivity index (χ4v) is 2.58. The van der Waals surface area contributed by atoms with Crippen molar-refractivity contribution in [2.24, 2.45) is 11.7 Å². The highest BCUT2D eigenvalue weighted by molar-refractivity contribution is 5.79. The van der Waals surface area contributed by atoms with Gasteiger partial charge in [-0.25, -0.2) is 0 Å². The summed E-state index contributed by atoms with van der Waals surface area (Å²) >= 11 is 0. The maximum absolute atomic E-state index is 12.2. The summed E-state index contributed by atoms with van der Waals surface area (Å²) in [6.45, 7) is 1.48. The van der Waals surface area contributed by atoms with Crippen LogP contribution >= 0.6 is 0 Å². The maximum Gasteiger partial charge on any atom is 0.306 e. The minimum Gasteiger partial charge on any atom is -0.481 e. The topological polar surface area (TPSA) is 83.6 Å². The Morgan fingerprint density at radius 2 is 1.80 bits per heavy atom. The third-order valence-corrected chi connectivity index (χ3v) is 3.88. The second kappa shape index (κ2) is 6.52. The zero-order valence-electron chi connectivity index (χ0n) is 11.4. The van der Waals surface area contributed by atoms with Crippen LogP contribution in [0.3, 0.4) is 0 Å². The first-order valence-corrected chi connectivity index (χ1v) is 6.89. The molecule has 2 rings (SSSR count). The first-order chi connectivity index (χ1) is 9.61. The van der Waals surface area contributed by atoms with Crippen molar-refractivity contribution in [2.45, 2.75) is 25.8 Å². The van der Waals surface area contributed by atoms with Gasteiger partial charge in [-0.15, -0.1) is 0 Å². The molecule has 0 unspecified atom stereocenters. The number of carbonyl (C=O) groups is 2. The summed E-state index contributed by atoms with van der Waals surface area (Å²) in [5.41, 5.74) is 7.61. The normalized spacial score (nSPS) is 16.1.